The van der Waals surface area contributed by atoms with E-state index in [0.29, 0.717) is 25.3 Å². The highest BCUT2D eigenvalue weighted by atomic mass is 32.1. The highest BCUT2D eigenvalue weighted by Crippen LogP contribution is 2.20. The molecule has 8 heteroatoms. The van der Waals surface area contributed by atoms with Gasteiger partial charge >= 0.3 is 0 Å². The Bertz CT molecular complexity index is 426. The van der Waals surface area contributed by atoms with Gasteiger partial charge in [-0.3, -0.25) is 14.4 Å². The maximum absolute atomic E-state index is 12.4. The fourth-order valence-electron chi connectivity index (χ4n) is 2.94. The summed E-state index contributed by atoms with van der Waals surface area (Å²) in [5.74, 6) is 0.0779. The van der Waals surface area contributed by atoms with Crippen molar-refractivity contribution in [2.45, 2.75) is 37.8 Å². The molecule has 0 spiro atoms. The summed E-state index contributed by atoms with van der Waals surface area (Å²) in [5.41, 5.74) is 0. The summed E-state index contributed by atoms with van der Waals surface area (Å²) < 4.78 is 0. The van der Waals surface area contributed by atoms with Crippen LogP contribution in [0.4, 0.5) is 0 Å². The zero-order valence-electron chi connectivity index (χ0n) is 12.6. The van der Waals surface area contributed by atoms with E-state index in [9.17, 15) is 14.4 Å². The summed E-state index contributed by atoms with van der Waals surface area (Å²) in [6, 6.07) is -0.611. The molecule has 7 nitrogen and oxygen atoms in total. The van der Waals surface area contributed by atoms with Crippen LogP contribution < -0.4 is 16.0 Å². The molecule has 2 heterocycles. The monoisotopic (exact) mass is 328 g/mol. The van der Waals surface area contributed by atoms with Gasteiger partial charge in [-0.05, 0) is 32.2 Å². The minimum absolute atomic E-state index is 0.00896. The van der Waals surface area contributed by atoms with Crippen LogP contribution in [0, 0.1) is 0 Å². The Kier molecular flexibility index (Phi) is 6.50. The van der Waals surface area contributed by atoms with E-state index in [1.165, 1.54) is 0 Å². The molecular weight excluding hydrogens is 304 g/mol. The lowest BCUT2D eigenvalue weighted by Crippen LogP contribution is -2.52. The van der Waals surface area contributed by atoms with Gasteiger partial charge in [0.2, 0.25) is 17.7 Å². The minimum Gasteiger partial charge on any atom is -0.354 e. The molecule has 2 saturated heterocycles. The third-order valence-corrected chi connectivity index (χ3v) is 4.28. The van der Waals surface area contributed by atoms with Crippen molar-refractivity contribution in [3.8, 4) is 0 Å². The number of nitrogens with zero attached hydrogens (tertiary/aromatic N) is 1. The van der Waals surface area contributed by atoms with E-state index < -0.39 is 6.04 Å². The van der Waals surface area contributed by atoms with Gasteiger partial charge in [-0.15, -0.1) is 0 Å². The number of hydrogen-bond donors (Lipinski definition) is 4. The minimum atomic E-state index is -0.451. The molecule has 2 aliphatic rings. The molecule has 2 atom stereocenters. The third-order valence-electron chi connectivity index (χ3n) is 4.05. The maximum Gasteiger partial charge on any atom is 0.243 e. The zero-order valence-corrected chi connectivity index (χ0v) is 13.5. The van der Waals surface area contributed by atoms with Crippen LogP contribution >= 0.6 is 12.6 Å². The number of hydrogen-bond acceptors (Lipinski definition) is 5. The number of carbonyl (C=O) groups excluding carboxylic acids is 3. The molecule has 0 aromatic heterocycles. The SMILES string of the molecule is O=C(CNC(=O)[C@@H]1CCCN1C(=O)[C@@H]1CCCN1)NCCS. The molecular formula is C14H24N4O3S. The van der Waals surface area contributed by atoms with Crippen molar-refractivity contribution in [3.63, 3.8) is 0 Å². The molecule has 2 fully saturated rings. The molecule has 2 aliphatic heterocycles. The fraction of sp³-hybridized carbons (Fsp3) is 0.786. The fourth-order valence-corrected chi connectivity index (χ4v) is 3.05. The van der Waals surface area contributed by atoms with E-state index in [4.69, 9.17) is 0 Å². The number of nitrogens with one attached hydrogen (secondary N) is 3. The van der Waals surface area contributed by atoms with Gasteiger partial charge in [0.05, 0.1) is 12.6 Å². The molecule has 0 radical (unpaired) electrons. The standard InChI is InChI=1S/C14H24N4O3S/c19-12(16-6-8-22)9-17-13(20)11-4-2-7-18(11)14(21)10-3-1-5-15-10/h10-11,15,22H,1-9H2,(H,16,19)(H,17,20)/t10-,11-/m0/s1. The first-order valence-electron chi connectivity index (χ1n) is 7.82. The summed E-state index contributed by atoms with van der Waals surface area (Å²) in [5, 5.41) is 8.43. The molecule has 0 aromatic rings. The smallest absolute Gasteiger partial charge is 0.243 e. The third kappa shape index (κ3) is 4.36. The second-order valence-corrected chi connectivity index (χ2v) is 6.08. The largest absolute Gasteiger partial charge is 0.354 e. The van der Waals surface area contributed by atoms with Crippen LogP contribution in [0.3, 0.4) is 0 Å². The predicted octanol–water partition coefficient (Wildman–Crippen LogP) is -1.11. The van der Waals surface area contributed by atoms with Gasteiger partial charge in [-0.2, -0.15) is 12.6 Å². The Morgan fingerprint density at radius 2 is 2.00 bits per heavy atom. The van der Waals surface area contributed by atoms with Crippen molar-refractivity contribution < 1.29 is 14.4 Å². The van der Waals surface area contributed by atoms with Crippen molar-refractivity contribution in [3.05, 3.63) is 0 Å². The van der Waals surface area contributed by atoms with Crippen LogP contribution in [-0.2, 0) is 14.4 Å². The van der Waals surface area contributed by atoms with Gasteiger partial charge in [0.25, 0.3) is 0 Å². The molecule has 124 valence electrons. The van der Waals surface area contributed by atoms with E-state index in [-0.39, 0.29) is 30.3 Å². The van der Waals surface area contributed by atoms with E-state index in [0.717, 1.165) is 25.8 Å². The second-order valence-electron chi connectivity index (χ2n) is 5.63. The highest BCUT2D eigenvalue weighted by Gasteiger charge is 2.37. The highest BCUT2D eigenvalue weighted by molar-refractivity contribution is 7.80. The second kappa shape index (κ2) is 8.38. The van der Waals surface area contributed by atoms with Crippen molar-refractivity contribution in [1.29, 1.82) is 0 Å². The average Bonchev–Trinajstić information content (AvgIpc) is 3.20. The van der Waals surface area contributed by atoms with Gasteiger partial charge in [-0.1, -0.05) is 0 Å². The molecule has 0 saturated carbocycles. The Morgan fingerprint density at radius 1 is 1.18 bits per heavy atom. The van der Waals surface area contributed by atoms with Gasteiger partial charge in [0.15, 0.2) is 0 Å². The predicted molar refractivity (Wildman–Crippen MR) is 85.6 cm³/mol. The Balaban J connectivity index is 1.82. The molecule has 3 N–H and O–H groups in total. The molecule has 0 unspecified atom stereocenters. The summed E-state index contributed by atoms with van der Waals surface area (Å²) in [6.45, 7) is 1.87. The van der Waals surface area contributed by atoms with E-state index in [2.05, 4.69) is 28.6 Å². The number of amides is 3. The molecule has 0 aliphatic carbocycles. The van der Waals surface area contributed by atoms with E-state index in [1.807, 2.05) is 0 Å². The van der Waals surface area contributed by atoms with E-state index >= 15 is 0 Å². The first-order valence-corrected chi connectivity index (χ1v) is 8.46. The number of likely N-dealkylation sites (tertiary alicyclic amines) is 1. The first kappa shape index (κ1) is 17.1. The average molecular weight is 328 g/mol. The zero-order chi connectivity index (χ0) is 15.9. The van der Waals surface area contributed by atoms with Crippen molar-refractivity contribution in [1.82, 2.24) is 20.9 Å². The van der Waals surface area contributed by atoms with Crippen molar-refractivity contribution in [2.24, 2.45) is 0 Å². The van der Waals surface area contributed by atoms with Crippen LogP contribution in [0.2, 0.25) is 0 Å². The Morgan fingerprint density at radius 3 is 2.68 bits per heavy atom. The number of rotatable bonds is 6. The summed E-state index contributed by atoms with van der Waals surface area (Å²) in [6.07, 6.45) is 3.30. The summed E-state index contributed by atoms with van der Waals surface area (Å²) in [7, 11) is 0. The quantitative estimate of drug-likeness (QED) is 0.466. The van der Waals surface area contributed by atoms with Crippen molar-refractivity contribution >= 4 is 30.4 Å². The van der Waals surface area contributed by atoms with Gasteiger partial charge in [0.1, 0.15) is 6.04 Å². The topological polar surface area (TPSA) is 90.5 Å². The number of thiol groups is 1. The maximum atomic E-state index is 12.4. The summed E-state index contributed by atoms with van der Waals surface area (Å²) >= 11 is 4.00. The number of carbonyl (C=O) groups is 3. The van der Waals surface area contributed by atoms with Gasteiger partial charge in [-0.25, -0.2) is 0 Å². The van der Waals surface area contributed by atoms with Crippen LogP contribution in [0.15, 0.2) is 0 Å². The van der Waals surface area contributed by atoms with Gasteiger partial charge in [0, 0.05) is 18.8 Å². The Hall–Kier alpha value is -1.28. The molecule has 22 heavy (non-hydrogen) atoms. The lowest BCUT2D eigenvalue weighted by molar-refractivity contribution is -0.140. The lowest BCUT2D eigenvalue weighted by Gasteiger charge is -2.26. The first-order chi connectivity index (χ1) is 10.6. The normalized spacial score (nSPS) is 24.3. The molecule has 0 bridgehead atoms. The van der Waals surface area contributed by atoms with Crippen molar-refractivity contribution in [2.75, 3.05) is 31.9 Å². The van der Waals surface area contributed by atoms with E-state index in [1.54, 1.807) is 4.90 Å². The van der Waals surface area contributed by atoms with Crippen LogP contribution in [-0.4, -0.2) is 66.6 Å². The van der Waals surface area contributed by atoms with Crippen LogP contribution in [0.1, 0.15) is 25.7 Å². The van der Waals surface area contributed by atoms with Crippen LogP contribution in [0.5, 0.6) is 0 Å². The summed E-state index contributed by atoms with van der Waals surface area (Å²) in [4.78, 5) is 37.8. The lowest BCUT2D eigenvalue weighted by atomic mass is 10.1. The Labute approximate surface area is 136 Å². The molecule has 0 aromatic carbocycles. The van der Waals surface area contributed by atoms with Gasteiger partial charge < -0.3 is 20.9 Å². The molecule has 3 amide bonds. The van der Waals surface area contributed by atoms with Crippen LogP contribution in [0.25, 0.3) is 0 Å². The molecule has 2 rings (SSSR count).